The number of esters is 1. The highest BCUT2D eigenvalue weighted by Crippen LogP contribution is 2.23. The van der Waals surface area contributed by atoms with Gasteiger partial charge in [-0.3, -0.25) is 4.79 Å². The predicted octanol–water partition coefficient (Wildman–Crippen LogP) is 2.42. The van der Waals surface area contributed by atoms with E-state index < -0.39 is 5.97 Å². The molecule has 2 aromatic rings. The summed E-state index contributed by atoms with van der Waals surface area (Å²) >= 11 is 0. The predicted molar refractivity (Wildman–Crippen MR) is 57.6 cm³/mol. The number of rotatable bonds is 2. The number of hydrogen-bond donors (Lipinski definition) is 0. The number of methoxy groups -OCH3 is 1. The summed E-state index contributed by atoms with van der Waals surface area (Å²) in [5.74, 6) is -0.529. The minimum Gasteiger partial charge on any atom is -0.465 e. The summed E-state index contributed by atoms with van der Waals surface area (Å²) < 4.78 is 9.81. The van der Waals surface area contributed by atoms with Gasteiger partial charge in [-0.15, -0.1) is 0 Å². The van der Waals surface area contributed by atoms with E-state index >= 15 is 0 Å². The molecule has 0 spiro atoms. The Kier molecular flexibility index (Phi) is 2.48. The van der Waals surface area contributed by atoms with Crippen molar-refractivity contribution < 1.29 is 18.7 Å². The van der Waals surface area contributed by atoms with E-state index in [1.807, 2.05) is 0 Å². The Balaban J connectivity index is 2.63. The monoisotopic (exact) mass is 218 g/mol. The highest BCUT2D eigenvalue weighted by atomic mass is 16.5. The highest BCUT2D eigenvalue weighted by Gasteiger charge is 2.13. The Morgan fingerprint density at radius 3 is 2.69 bits per heavy atom. The fourth-order valence-electron chi connectivity index (χ4n) is 1.55. The molecule has 0 aliphatic rings. The van der Waals surface area contributed by atoms with Crippen molar-refractivity contribution in [3.05, 3.63) is 35.6 Å². The van der Waals surface area contributed by atoms with E-state index in [0.717, 1.165) is 0 Å². The molecule has 0 atom stereocenters. The van der Waals surface area contributed by atoms with Gasteiger partial charge in [-0.2, -0.15) is 0 Å². The first-order valence-corrected chi connectivity index (χ1v) is 4.74. The first-order valence-electron chi connectivity index (χ1n) is 4.74. The fraction of sp³-hybridized carbons (Fsp3) is 0.167. The molecule has 4 heteroatoms. The summed E-state index contributed by atoms with van der Waals surface area (Å²) in [6.45, 7) is 1.45. The van der Waals surface area contributed by atoms with Gasteiger partial charge in [0.05, 0.1) is 18.2 Å². The summed E-state index contributed by atoms with van der Waals surface area (Å²) in [6.07, 6.45) is 1.40. The number of benzene rings is 1. The lowest BCUT2D eigenvalue weighted by Crippen LogP contribution is -2.00. The van der Waals surface area contributed by atoms with E-state index in [1.54, 1.807) is 18.2 Å². The zero-order valence-electron chi connectivity index (χ0n) is 8.94. The van der Waals surface area contributed by atoms with E-state index in [9.17, 15) is 9.59 Å². The average Bonchev–Trinajstić information content (AvgIpc) is 2.70. The van der Waals surface area contributed by atoms with Crippen molar-refractivity contribution in [1.29, 1.82) is 0 Å². The van der Waals surface area contributed by atoms with Crippen LogP contribution in [0, 0.1) is 0 Å². The second-order valence-electron chi connectivity index (χ2n) is 3.41. The SMILES string of the molecule is COC(=O)c1ccc2occ(C(C)=O)c2c1. The van der Waals surface area contributed by atoms with Crippen LogP contribution in [0.1, 0.15) is 27.6 Å². The average molecular weight is 218 g/mol. The zero-order chi connectivity index (χ0) is 11.7. The maximum absolute atomic E-state index is 11.3. The number of ether oxygens (including phenoxy) is 1. The van der Waals surface area contributed by atoms with Gasteiger partial charge < -0.3 is 9.15 Å². The van der Waals surface area contributed by atoms with Crippen molar-refractivity contribution in [1.82, 2.24) is 0 Å². The van der Waals surface area contributed by atoms with E-state index in [-0.39, 0.29) is 5.78 Å². The molecule has 0 aliphatic heterocycles. The van der Waals surface area contributed by atoms with Crippen LogP contribution in [0.3, 0.4) is 0 Å². The molecule has 0 saturated carbocycles. The Labute approximate surface area is 91.8 Å². The molecule has 0 amide bonds. The van der Waals surface area contributed by atoms with Gasteiger partial charge in [0.2, 0.25) is 0 Å². The van der Waals surface area contributed by atoms with Crippen LogP contribution in [0.15, 0.2) is 28.9 Å². The maximum atomic E-state index is 11.3. The molecule has 0 aliphatic carbocycles. The maximum Gasteiger partial charge on any atom is 0.337 e. The molecule has 0 bridgehead atoms. The summed E-state index contributed by atoms with van der Waals surface area (Å²) in [5, 5.41) is 0.635. The highest BCUT2D eigenvalue weighted by molar-refractivity contribution is 6.07. The molecular weight excluding hydrogens is 208 g/mol. The molecule has 0 unspecified atom stereocenters. The summed E-state index contributed by atoms with van der Waals surface area (Å²) in [5.41, 5.74) is 1.46. The number of carbonyl (C=O) groups is 2. The van der Waals surface area contributed by atoms with Crippen molar-refractivity contribution in [2.24, 2.45) is 0 Å². The molecule has 4 nitrogen and oxygen atoms in total. The third-order valence-corrected chi connectivity index (χ3v) is 2.37. The molecule has 0 N–H and O–H groups in total. The number of carbonyl (C=O) groups excluding carboxylic acids is 2. The van der Waals surface area contributed by atoms with Gasteiger partial charge in [-0.1, -0.05) is 0 Å². The first-order chi connectivity index (χ1) is 7.63. The molecule has 82 valence electrons. The van der Waals surface area contributed by atoms with Crippen LogP contribution >= 0.6 is 0 Å². The van der Waals surface area contributed by atoms with Crippen LogP contribution in [0.25, 0.3) is 11.0 Å². The number of furan rings is 1. The minimum atomic E-state index is -0.433. The van der Waals surface area contributed by atoms with E-state index in [0.29, 0.717) is 22.1 Å². The van der Waals surface area contributed by atoms with Crippen LogP contribution < -0.4 is 0 Å². The van der Waals surface area contributed by atoms with Crippen LogP contribution in [0.4, 0.5) is 0 Å². The van der Waals surface area contributed by atoms with Gasteiger partial charge in [0.25, 0.3) is 0 Å². The van der Waals surface area contributed by atoms with Crippen LogP contribution in [-0.4, -0.2) is 18.9 Å². The minimum absolute atomic E-state index is 0.0965. The second-order valence-corrected chi connectivity index (χ2v) is 3.41. The molecule has 0 radical (unpaired) electrons. The van der Waals surface area contributed by atoms with Crippen LogP contribution in [0.2, 0.25) is 0 Å². The topological polar surface area (TPSA) is 56.5 Å². The third kappa shape index (κ3) is 1.58. The number of hydrogen-bond acceptors (Lipinski definition) is 4. The van der Waals surface area contributed by atoms with Crippen molar-refractivity contribution in [2.75, 3.05) is 7.11 Å². The third-order valence-electron chi connectivity index (χ3n) is 2.37. The lowest BCUT2D eigenvalue weighted by molar-refractivity contribution is 0.0600. The summed E-state index contributed by atoms with van der Waals surface area (Å²) in [6, 6.07) is 4.84. The molecule has 2 rings (SSSR count). The lowest BCUT2D eigenvalue weighted by Gasteiger charge is -1.98. The van der Waals surface area contributed by atoms with Gasteiger partial charge in [0.15, 0.2) is 5.78 Å². The first kappa shape index (κ1) is 10.4. The Morgan fingerprint density at radius 1 is 1.31 bits per heavy atom. The number of Topliss-reactive ketones (excluding diaryl/α,β-unsaturated/α-hetero) is 1. The lowest BCUT2D eigenvalue weighted by atomic mass is 10.1. The standard InChI is InChI=1S/C12H10O4/c1-7(13)10-6-16-11-4-3-8(5-9(10)11)12(14)15-2/h3-6H,1-2H3. The van der Waals surface area contributed by atoms with Crippen molar-refractivity contribution in [3.63, 3.8) is 0 Å². The van der Waals surface area contributed by atoms with Crippen molar-refractivity contribution in [3.8, 4) is 0 Å². The molecule has 1 heterocycles. The Morgan fingerprint density at radius 2 is 2.06 bits per heavy atom. The van der Waals surface area contributed by atoms with Crippen LogP contribution in [-0.2, 0) is 4.74 Å². The van der Waals surface area contributed by atoms with Gasteiger partial charge in [0, 0.05) is 5.39 Å². The van der Waals surface area contributed by atoms with Gasteiger partial charge in [-0.25, -0.2) is 4.79 Å². The molecule has 1 aromatic carbocycles. The van der Waals surface area contributed by atoms with E-state index in [4.69, 9.17) is 4.42 Å². The van der Waals surface area contributed by atoms with Crippen LogP contribution in [0.5, 0.6) is 0 Å². The van der Waals surface area contributed by atoms with Gasteiger partial charge in [-0.05, 0) is 25.1 Å². The number of fused-ring (bicyclic) bond motifs is 1. The fourth-order valence-corrected chi connectivity index (χ4v) is 1.55. The number of ketones is 1. The van der Waals surface area contributed by atoms with Crippen molar-refractivity contribution >= 4 is 22.7 Å². The second kappa shape index (κ2) is 3.81. The molecule has 1 aromatic heterocycles. The normalized spacial score (nSPS) is 10.4. The van der Waals surface area contributed by atoms with E-state index in [1.165, 1.54) is 20.3 Å². The molecule has 16 heavy (non-hydrogen) atoms. The molecule has 0 saturated heterocycles. The Hall–Kier alpha value is -2.10. The van der Waals surface area contributed by atoms with E-state index in [2.05, 4.69) is 4.74 Å². The quantitative estimate of drug-likeness (QED) is 0.573. The zero-order valence-corrected chi connectivity index (χ0v) is 8.94. The molecular formula is C12H10O4. The smallest absolute Gasteiger partial charge is 0.337 e. The largest absolute Gasteiger partial charge is 0.465 e. The summed E-state index contributed by atoms with van der Waals surface area (Å²) in [4.78, 5) is 22.6. The van der Waals surface area contributed by atoms with Gasteiger partial charge in [0.1, 0.15) is 11.8 Å². The molecule has 0 fully saturated rings. The van der Waals surface area contributed by atoms with Gasteiger partial charge >= 0.3 is 5.97 Å². The Bertz CT molecular complexity index is 565. The van der Waals surface area contributed by atoms with Crippen molar-refractivity contribution in [2.45, 2.75) is 6.92 Å². The summed E-state index contributed by atoms with van der Waals surface area (Å²) in [7, 11) is 1.31.